The predicted octanol–water partition coefficient (Wildman–Crippen LogP) is 0.803. The summed E-state index contributed by atoms with van der Waals surface area (Å²) in [4.78, 5) is 22.0. The zero-order valence-corrected chi connectivity index (χ0v) is 9.97. The van der Waals surface area contributed by atoms with Gasteiger partial charge in [-0.3, -0.25) is 9.59 Å². The van der Waals surface area contributed by atoms with E-state index in [1.807, 2.05) is 20.8 Å². The number of rotatable bonds is 3. The Morgan fingerprint density at radius 1 is 1.20 bits per heavy atom. The molecule has 0 saturated carbocycles. The SMILES string of the molecule is CC(=O)NN=C(C)CC(=O)NC(C)(C)C. The molecule has 0 atom stereocenters. The average Bonchev–Trinajstić information content (AvgIpc) is 1.96. The number of hydrogen-bond acceptors (Lipinski definition) is 3. The Labute approximate surface area is 90.3 Å². The molecule has 0 heterocycles. The molecule has 2 amide bonds. The van der Waals surface area contributed by atoms with Crippen LogP contribution < -0.4 is 10.7 Å². The molecule has 2 N–H and O–H groups in total. The second-order valence-electron chi connectivity index (χ2n) is 4.49. The Morgan fingerprint density at radius 3 is 2.13 bits per heavy atom. The first-order valence-corrected chi connectivity index (χ1v) is 4.81. The molecule has 0 aliphatic carbocycles. The van der Waals surface area contributed by atoms with Gasteiger partial charge in [0, 0.05) is 18.2 Å². The van der Waals surface area contributed by atoms with E-state index < -0.39 is 0 Å². The molecule has 5 heteroatoms. The summed E-state index contributed by atoms with van der Waals surface area (Å²) in [5, 5.41) is 6.56. The maximum absolute atomic E-state index is 11.4. The topological polar surface area (TPSA) is 70.6 Å². The average molecular weight is 213 g/mol. The summed E-state index contributed by atoms with van der Waals surface area (Å²) in [5.41, 5.74) is 2.61. The van der Waals surface area contributed by atoms with Gasteiger partial charge in [0.05, 0.1) is 6.42 Å². The maximum atomic E-state index is 11.4. The summed E-state index contributed by atoms with van der Waals surface area (Å²) in [7, 11) is 0. The second kappa shape index (κ2) is 5.48. The third kappa shape index (κ3) is 8.93. The van der Waals surface area contributed by atoms with E-state index in [0.29, 0.717) is 5.71 Å². The van der Waals surface area contributed by atoms with Crippen molar-refractivity contribution < 1.29 is 9.59 Å². The molecule has 86 valence electrons. The van der Waals surface area contributed by atoms with Gasteiger partial charge < -0.3 is 5.32 Å². The first-order chi connectivity index (χ1) is 6.70. The van der Waals surface area contributed by atoms with Gasteiger partial charge in [-0.1, -0.05) is 0 Å². The van der Waals surface area contributed by atoms with E-state index in [0.717, 1.165) is 0 Å². The van der Waals surface area contributed by atoms with Crippen molar-refractivity contribution in [3.8, 4) is 0 Å². The summed E-state index contributed by atoms with van der Waals surface area (Å²) in [6.45, 7) is 8.78. The molecule has 0 fully saturated rings. The van der Waals surface area contributed by atoms with E-state index in [4.69, 9.17) is 0 Å². The summed E-state index contributed by atoms with van der Waals surface area (Å²) in [6, 6.07) is 0. The van der Waals surface area contributed by atoms with E-state index in [2.05, 4.69) is 15.8 Å². The number of hydrazone groups is 1. The summed E-state index contributed by atoms with van der Waals surface area (Å²) in [6.07, 6.45) is 0.192. The molecule has 0 rings (SSSR count). The van der Waals surface area contributed by atoms with Crippen LogP contribution in [0.15, 0.2) is 5.10 Å². The number of carbonyl (C=O) groups excluding carboxylic acids is 2. The molecular weight excluding hydrogens is 194 g/mol. The molecule has 0 unspecified atom stereocenters. The van der Waals surface area contributed by atoms with Gasteiger partial charge >= 0.3 is 0 Å². The minimum Gasteiger partial charge on any atom is -0.351 e. The van der Waals surface area contributed by atoms with Crippen LogP contribution >= 0.6 is 0 Å². The highest BCUT2D eigenvalue weighted by molar-refractivity contribution is 6.00. The zero-order chi connectivity index (χ0) is 12.1. The lowest BCUT2D eigenvalue weighted by Crippen LogP contribution is -2.41. The number of amides is 2. The van der Waals surface area contributed by atoms with Crippen LogP contribution in [-0.2, 0) is 9.59 Å². The number of nitrogens with zero attached hydrogens (tertiary/aromatic N) is 1. The normalized spacial score (nSPS) is 12.2. The van der Waals surface area contributed by atoms with E-state index in [1.54, 1.807) is 6.92 Å². The van der Waals surface area contributed by atoms with Crippen LogP contribution in [0.1, 0.15) is 41.0 Å². The molecule has 15 heavy (non-hydrogen) atoms. The van der Waals surface area contributed by atoms with Gasteiger partial charge in [0.15, 0.2) is 0 Å². The fourth-order valence-electron chi connectivity index (χ4n) is 0.908. The van der Waals surface area contributed by atoms with Crippen molar-refractivity contribution in [2.24, 2.45) is 5.10 Å². The van der Waals surface area contributed by atoms with E-state index in [-0.39, 0.29) is 23.8 Å². The van der Waals surface area contributed by atoms with Crippen LogP contribution in [0.3, 0.4) is 0 Å². The predicted molar refractivity (Wildman–Crippen MR) is 59.4 cm³/mol. The van der Waals surface area contributed by atoms with Crippen molar-refractivity contribution in [2.45, 2.75) is 46.6 Å². The first-order valence-electron chi connectivity index (χ1n) is 4.81. The molecule has 0 aromatic rings. The largest absolute Gasteiger partial charge is 0.351 e. The summed E-state index contributed by atoms with van der Waals surface area (Å²) < 4.78 is 0. The van der Waals surface area contributed by atoms with Crippen LogP contribution in [0.2, 0.25) is 0 Å². The minimum atomic E-state index is -0.245. The Bertz CT molecular complexity index is 277. The Hall–Kier alpha value is -1.39. The van der Waals surface area contributed by atoms with Crippen molar-refractivity contribution in [3.63, 3.8) is 0 Å². The van der Waals surface area contributed by atoms with Crippen LogP contribution in [0.25, 0.3) is 0 Å². The second-order valence-corrected chi connectivity index (χ2v) is 4.49. The van der Waals surface area contributed by atoms with Gasteiger partial charge in [0.1, 0.15) is 0 Å². The van der Waals surface area contributed by atoms with Crippen LogP contribution in [0.5, 0.6) is 0 Å². The Balaban J connectivity index is 4.07. The maximum Gasteiger partial charge on any atom is 0.236 e. The minimum absolute atomic E-state index is 0.103. The van der Waals surface area contributed by atoms with Crippen molar-refractivity contribution in [2.75, 3.05) is 0 Å². The van der Waals surface area contributed by atoms with Crippen molar-refractivity contribution in [3.05, 3.63) is 0 Å². The van der Waals surface area contributed by atoms with Crippen LogP contribution in [0.4, 0.5) is 0 Å². The highest BCUT2D eigenvalue weighted by atomic mass is 16.2. The molecule has 0 saturated heterocycles. The van der Waals surface area contributed by atoms with Crippen LogP contribution in [0, 0.1) is 0 Å². The quantitative estimate of drug-likeness (QED) is 0.538. The van der Waals surface area contributed by atoms with Gasteiger partial charge in [0.2, 0.25) is 11.8 Å². The third-order valence-corrected chi connectivity index (χ3v) is 1.34. The summed E-state index contributed by atoms with van der Waals surface area (Å²) in [5.74, 6) is -0.348. The van der Waals surface area contributed by atoms with E-state index in [9.17, 15) is 9.59 Å². The molecule has 0 aromatic carbocycles. The number of nitrogens with one attached hydrogen (secondary N) is 2. The molecule has 0 bridgehead atoms. The molecule has 0 aromatic heterocycles. The Morgan fingerprint density at radius 2 is 1.73 bits per heavy atom. The first kappa shape index (κ1) is 13.6. The van der Waals surface area contributed by atoms with Crippen molar-refractivity contribution >= 4 is 17.5 Å². The lowest BCUT2D eigenvalue weighted by Gasteiger charge is -2.20. The monoisotopic (exact) mass is 213 g/mol. The van der Waals surface area contributed by atoms with E-state index >= 15 is 0 Å². The van der Waals surface area contributed by atoms with Gasteiger partial charge in [-0.15, -0.1) is 0 Å². The highest BCUT2D eigenvalue weighted by Gasteiger charge is 2.13. The standard InChI is InChI=1S/C10H19N3O2/c1-7(12-13-8(2)14)6-9(15)11-10(3,4)5/h6H2,1-5H3,(H,11,15)(H,13,14). The molecule has 0 spiro atoms. The van der Waals surface area contributed by atoms with Crippen molar-refractivity contribution in [1.82, 2.24) is 10.7 Å². The van der Waals surface area contributed by atoms with Crippen molar-refractivity contribution in [1.29, 1.82) is 0 Å². The number of hydrogen-bond donors (Lipinski definition) is 2. The zero-order valence-electron chi connectivity index (χ0n) is 9.97. The Kier molecular flexibility index (Phi) is 4.97. The van der Waals surface area contributed by atoms with Crippen LogP contribution in [-0.4, -0.2) is 23.1 Å². The lowest BCUT2D eigenvalue weighted by atomic mass is 10.1. The third-order valence-electron chi connectivity index (χ3n) is 1.34. The van der Waals surface area contributed by atoms with E-state index in [1.165, 1.54) is 6.92 Å². The fourth-order valence-corrected chi connectivity index (χ4v) is 0.908. The summed E-state index contributed by atoms with van der Waals surface area (Å²) >= 11 is 0. The number of carbonyl (C=O) groups is 2. The van der Waals surface area contributed by atoms with Gasteiger partial charge in [-0.25, -0.2) is 5.43 Å². The smallest absolute Gasteiger partial charge is 0.236 e. The molecule has 0 aliphatic heterocycles. The van der Waals surface area contributed by atoms with Gasteiger partial charge in [-0.05, 0) is 27.7 Å². The molecule has 0 radical (unpaired) electrons. The molecule has 5 nitrogen and oxygen atoms in total. The molecular formula is C10H19N3O2. The lowest BCUT2D eigenvalue weighted by molar-refractivity contribution is -0.121. The van der Waals surface area contributed by atoms with Gasteiger partial charge in [0.25, 0.3) is 0 Å². The highest BCUT2D eigenvalue weighted by Crippen LogP contribution is 1.99. The van der Waals surface area contributed by atoms with Gasteiger partial charge in [-0.2, -0.15) is 5.10 Å². The fraction of sp³-hybridized carbons (Fsp3) is 0.700. The molecule has 0 aliphatic rings.